The van der Waals surface area contributed by atoms with Gasteiger partial charge in [-0.05, 0) is 19.9 Å². The Morgan fingerprint density at radius 2 is 1.73 bits per heavy atom. The lowest BCUT2D eigenvalue weighted by molar-refractivity contribution is 0.103. The van der Waals surface area contributed by atoms with Gasteiger partial charge in [0.25, 0.3) is 0 Å². The fraction of sp³-hybridized carbons (Fsp3) is 0.154. The molecule has 0 saturated heterocycles. The van der Waals surface area contributed by atoms with Gasteiger partial charge in [0, 0.05) is 5.56 Å². The van der Waals surface area contributed by atoms with Crippen LogP contribution in [0.25, 0.3) is 0 Å². The van der Waals surface area contributed by atoms with E-state index in [1.165, 1.54) is 6.26 Å². The number of furan rings is 1. The van der Waals surface area contributed by atoms with Gasteiger partial charge in [-0.2, -0.15) is 0 Å². The van der Waals surface area contributed by atoms with Crippen LogP contribution in [0.5, 0.6) is 0 Å². The molecule has 1 aromatic heterocycles. The van der Waals surface area contributed by atoms with Gasteiger partial charge < -0.3 is 4.42 Å². The number of carbonyl (C=O) groups is 1. The summed E-state index contributed by atoms with van der Waals surface area (Å²) in [6, 6.07) is 9.28. The van der Waals surface area contributed by atoms with Crippen LogP contribution in [0.1, 0.15) is 27.2 Å². The molecule has 0 atom stereocenters. The first-order valence-corrected chi connectivity index (χ1v) is 4.83. The number of hydrogen-bond donors (Lipinski definition) is 0. The first-order chi connectivity index (χ1) is 7.16. The summed E-state index contributed by atoms with van der Waals surface area (Å²) in [5.74, 6) is 0.761. The summed E-state index contributed by atoms with van der Waals surface area (Å²) >= 11 is 0. The van der Waals surface area contributed by atoms with E-state index in [0.717, 1.165) is 11.3 Å². The summed E-state index contributed by atoms with van der Waals surface area (Å²) in [6.07, 6.45) is 1.50. The Kier molecular flexibility index (Phi) is 2.42. The van der Waals surface area contributed by atoms with E-state index in [9.17, 15) is 4.79 Å². The highest BCUT2D eigenvalue weighted by atomic mass is 16.3. The third-order valence-corrected chi connectivity index (χ3v) is 2.31. The lowest BCUT2D eigenvalue weighted by Crippen LogP contribution is -1.98. The SMILES string of the molecule is Cc1ccc(C(=O)c2coc(C)c2)cc1. The van der Waals surface area contributed by atoms with Crippen molar-refractivity contribution < 1.29 is 9.21 Å². The molecule has 2 nitrogen and oxygen atoms in total. The molecule has 1 heterocycles. The van der Waals surface area contributed by atoms with E-state index >= 15 is 0 Å². The molecule has 0 amide bonds. The van der Waals surface area contributed by atoms with E-state index in [-0.39, 0.29) is 5.78 Å². The lowest BCUT2D eigenvalue weighted by atomic mass is 10.0. The van der Waals surface area contributed by atoms with E-state index in [4.69, 9.17) is 4.42 Å². The van der Waals surface area contributed by atoms with Crippen LogP contribution >= 0.6 is 0 Å². The standard InChI is InChI=1S/C13H12O2/c1-9-3-5-11(6-4-9)13(14)12-7-10(2)15-8-12/h3-8H,1-2H3. The molecule has 0 radical (unpaired) electrons. The average molecular weight is 200 g/mol. The summed E-state index contributed by atoms with van der Waals surface area (Å²) in [5, 5.41) is 0. The average Bonchev–Trinajstić information content (AvgIpc) is 2.65. The van der Waals surface area contributed by atoms with Crippen LogP contribution in [0.2, 0.25) is 0 Å². The van der Waals surface area contributed by atoms with Gasteiger partial charge in [0.15, 0.2) is 5.78 Å². The molecule has 2 aromatic rings. The number of carbonyl (C=O) groups excluding carboxylic acids is 1. The maximum absolute atomic E-state index is 11.9. The molecule has 0 saturated carbocycles. The molecular weight excluding hydrogens is 188 g/mol. The Labute approximate surface area is 88.5 Å². The van der Waals surface area contributed by atoms with E-state index in [2.05, 4.69) is 0 Å². The highest BCUT2D eigenvalue weighted by molar-refractivity contribution is 6.08. The second-order valence-corrected chi connectivity index (χ2v) is 3.64. The number of ketones is 1. The van der Waals surface area contributed by atoms with E-state index < -0.39 is 0 Å². The molecule has 0 aliphatic heterocycles. The summed E-state index contributed by atoms with van der Waals surface area (Å²) in [4.78, 5) is 11.9. The Balaban J connectivity index is 2.32. The van der Waals surface area contributed by atoms with Crippen LogP contribution in [-0.4, -0.2) is 5.78 Å². The smallest absolute Gasteiger partial charge is 0.196 e. The van der Waals surface area contributed by atoms with Crippen LogP contribution in [0.3, 0.4) is 0 Å². The van der Waals surface area contributed by atoms with E-state index in [1.54, 1.807) is 6.07 Å². The number of benzene rings is 1. The van der Waals surface area contributed by atoms with Crippen molar-refractivity contribution in [3.8, 4) is 0 Å². The molecule has 2 heteroatoms. The van der Waals surface area contributed by atoms with Crippen molar-refractivity contribution in [2.75, 3.05) is 0 Å². The Hall–Kier alpha value is -1.83. The van der Waals surface area contributed by atoms with Gasteiger partial charge >= 0.3 is 0 Å². The first kappa shape index (κ1) is 9.71. The van der Waals surface area contributed by atoms with Crippen LogP contribution in [0.15, 0.2) is 41.0 Å². The monoisotopic (exact) mass is 200 g/mol. The second-order valence-electron chi connectivity index (χ2n) is 3.64. The Bertz CT molecular complexity index is 477. The molecule has 15 heavy (non-hydrogen) atoms. The van der Waals surface area contributed by atoms with Gasteiger partial charge in [0.2, 0.25) is 0 Å². The third-order valence-electron chi connectivity index (χ3n) is 2.31. The lowest BCUT2D eigenvalue weighted by Gasteiger charge is -1.97. The first-order valence-electron chi connectivity index (χ1n) is 4.83. The molecule has 2 rings (SSSR count). The molecule has 76 valence electrons. The van der Waals surface area contributed by atoms with Crippen molar-refractivity contribution in [2.24, 2.45) is 0 Å². The summed E-state index contributed by atoms with van der Waals surface area (Å²) in [6.45, 7) is 3.82. The van der Waals surface area contributed by atoms with Crippen LogP contribution in [0.4, 0.5) is 0 Å². The molecule has 0 aliphatic carbocycles. The summed E-state index contributed by atoms with van der Waals surface area (Å²) in [5.41, 5.74) is 2.45. The minimum atomic E-state index is 0.00634. The molecule has 0 fully saturated rings. The van der Waals surface area contributed by atoms with Gasteiger partial charge in [0.05, 0.1) is 5.56 Å². The maximum Gasteiger partial charge on any atom is 0.196 e. The largest absolute Gasteiger partial charge is 0.469 e. The Morgan fingerprint density at radius 1 is 1.07 bits per heavy atom. The minimum Gasteiger partial charge on any atom is -0.469 e. The molecule has 0 spiro atoms. The molecular formula is C13H12O2. The molecule has 1 aromatic carbocycles. The van der Waals surface area contributed by atoms with Crippen LogP contribution in [0, 0.1) is 13.8 Å². The van der Waals surface area contributed by atoms with Gasteiger partial charge in [-0.15, -0.1) is 0 Å². The third kappa shape index (κ3) is 1.99. The van der Waals surface area contributed by atoms with E-state index in [0.29, 0.717) is 11.1 Å². The maximum atomic E-state index is 11.9. The number of hydrogen-bond acceptors (Lipinski definition) is 2. The quantitative estimate of drug-likeness (QED) is 0.697. The fourth-order valence-corrected chi connectivity index (χ4v) is 1.43. The minimum absolute atomic E-state index is 0.00634. The number of aryl methyl sites for hydroxylation is 2. The Morgan fingerprint density at radius 3 is 2.27 bits per heavy atom. The topological polar surface area (TPSA) is 30.2 Å². The highest BCUT2D eigenvalue weighted by Gasteiger charge is 2.10. The molecule has 0 aliphatic rings. The van der Waals surface area contributed by atoms with Crippen molar-refractivity contribution in [3.05, 3.63) is 59.0 Å². The molecule has 0 N–H and O–H groups in total. The molecule has 0 bridgehead atoms. The van der Waals surface area contributed by atoms with Gasteiger partial charge in [-0.25, -0.2) is 0 Å². The summed E-state index contributed by atoms with van der Waals surface area (Å²) < 4.78 is 5.11. The van der Waals surface area contributed by atoms with Crippen molar-refractivity contribution in [2.45, 2.75) is 13.8 Å². The van der Waals surface area contributed by atoms with Crippen molar-refractivity contribution in [1.29, 1.82) is 0 Å². The predicted octanol–water partition coefficient (Wildman–Crippen LogP) is 3.13. The van der Waals surface area contributed by atoms with Crippen LogP contribution < -0.4 is 0 Å². The summed E-state index contributed by atoms with van der Waals surface area (Å²) in [7, 11) is 0. The van der Waals surface area contributed by atoms with Crippen LogP contribution in [-0.2, 0) is 0 Å². The van der Waals surface area contributed by atoms with Crippen molar-refractivity contribution in [3.63, 3.8) is 0 Å². The number of rotatable bonds is 2. The molecule has 0 unspecified atom stereocenters. The van der Waals surface area contributed by atoms with Crippen molar-refractivity contribution in [1.82, 2.24) is 0 Å². The van der Waals surface area contributed by atoms with Gasteiger partial charge in [-0.3, -0.25) is 4.79 Å². The van der Waals surface area contributed by atoms with Gasteiger partial charge in [0.1, 0.15) is 12.0 Å². The zero-order valence-corrected chi connectivity index (χ0v) is 8.78. The van der Waals surface area contributed by atoms with Crippen molar-refractivity contribution >= 4 is 5.78 Å². The highest BCUT2D eigenvalue weighted by Crippen LogP contribution is 2.13. The fourth-order valence-electron chi connectivity index (χ4n) is 1.43. The van der Waals surface area contributed by atoms with E-state index in [1.807, 2.05) is 38.1 Å². The van der Waals surface area contributed by atoms with Gasteiger partial charge in [-0.1, -0.05) is 29.8 Å². The second kappa shape index (κ2) is 3.73. The zero-order valence-electron chi connectivity index (χ0n) is 8.78. The zero-order chi connectivity index (χ0) is 10.8. The normalized spacial score (nSPS) is 10.3. The predicted molar refractivity (Wildman–Crippen MR) is 58.1 cm³/mol.